The van der Waals surface area contributed by atoms with E-state index in [2.05, 4.69) is 5.32 Å². The quantitative estimate of drug-likeness (QED) is 0.883. The number of ether oxygens (including phenoxy) is 1. The lowest BCUT2D eigenvalue weighted by Gasteiger charge is -2.23. The minimum Gasteiger partial charge on any atom is -0.484 e. The maximum absolute atomic E-state index is 13.0. The lowest BCUT2D eigenvalue weighted by molar-refractivity contribution is -0.124. The summed E-state index contributed by atoms with van der Waals surface area (Å²) in [5.74, 6) is -0.0226. The largest absolute Gasteiger partial charge is 0.484 e. The lowest BCUT2D eigenvalue weighted by Crippen LogP contribution is -2.35. The van der Waals surface area contributed by atoms with Gasteiger partial charge in [0.25, 0.3) is 5.91 Å². The van der Waals surface area contributed by atoms with Crippen molar-refractivity contribution in [2.24, 2.45) is 5.92 Å². The zero-order valence-corrected chi connectivity index (χ0v) is 12.8. The number of hydrogen-bond donors (Lipinski definition) is 1. The molecule has 0 saturated carbocycles. The van der Waals surface area contributed by atoms with Crippen LogP contribution in [-0.2, 0) is 4.79 Å². The smallest absolute Gasteiger partial charge is 0.258 e. The van der Waals surface area contributed by atoms with Crippen LogP contribution in [-0.4, -0.2) is 12.5 Å². The van der Waals surface area contributed by atoms with Gasteiger partial charge in [-0.05, 0) is 23.6 Å². The van der Waals surface area contributed by atoms with E-state index in [9.17, 15) is 9.18 Å². The fourth-order valence-electron chi connectivity index (χ4n) is 2.22. The molecule has 1 amide bonds. The molecule has 0 aliphatic rings. The average molecular weight is 301 g/mol. The maximum atomic E-state index is 13.0. The van der Waals surface area contributed by atoms with Crippen molar-refractivity contribution < 1.29 is 13.9 Å². The Morgan fingerprint density at radius 2 is 1.86 bits per heavy atom. The Balaban J connectivity index is 1.94. The molecule has 0 spiro atoms. The molecule has 0 aliphatic heterocycles. The van der Waals surface area contributed by atoms with Crippen LogP contribution < -0.4 is 10.1 Å². The van der Waals surface area contributed by atoms with Gasteiger partial charge < -0.3 is 10.1 Å². The number of carbonyl (C=O) groups excluding carboxylic acids is 1. The topological polar surface area (TPSA) is 38.3 Å². The van der Waals surface area contributed by atoms with Crippen molar-refractivity contribution in [3.05, 3.63) is 66.0 Å². The fourth-order valence-corrected chi connectivity index (χ4v) is 2.22. The molecule has 4 heteroatoms. The predicted molar refractivity (Wildman–Crippen MR) is 84.1 cm³/mol. The molecule has 2 rings (SSSR count). The second kappa shape index (κ2) is 7.59. The van der Waals surface area contributed by atoms with E-state index in [1.165, 1.54) is 12.1 Å². The van der Waals surface area contributed by atoms with Gasteiger partial charge in [0.15, 0.2) is 6.61 Å². The first kappa shape index (κ1) is 16.0. The predicted octanol–water partition coefficient (Wildman–Crippen LogP) is 3.72. The monoisotopic (exact) mass is 301 g/mol. The lowest BCUT2D eigenvalue weighted by atomic mass is 9.96. The van der Waals surface area contributed by atoms with Gasteiger partial charge in [0, 0.05) is 6.07 Å². The normalized spacial score (nSPS) is 12.0. The molecule has 0 aromatic heterocycles. The van der Waals surface area contributed by atoms with Crippen LogP contribution in [0.2, 0.25) is 0 Å². The molecule has 2 aromatic rings. The minimum atomic E-state index is -0.387. The Bertz CT molecular complexity index is 613. The van der Waals surface area contributed by atoms with Gasteiger partial charge in [-0.3, -0.25) is 4.79 Å². The third-order valence-corrected chi connectivity index (χ3v) is 3.31. The summed E-state index contributed by atoms with van der Waals surface area (Å²) < 4.78 is 18.4. The van der Waals surface area contributed by atoms with Crippen LogP contribution >= 0.6 is 0 Å². The van der Waals surface area contributed by atoms with Gasteiger partial charge in [-0.1, -0.05) is 50.2 Å². The molecule has 1 atom stereocenters. The molecule has 116 valence electrons. The summed E-state index contributed by atoms with van der Waals surface area (Å²) >= 11 is 0. The highest BCUT2D eigenvalue weighted by atomic mass is 19.1. The molecule has 0 bridgehead atoms. The van der Waals surface area contributed by atoms with E-state index in [1.807, 2.05) is 44.2 Å². The Hall–Kier alpha value is -2.36. The van der Waals surface area contributed by atoms with Gasteiger partial charge in [-0.2, -0.15) is 0 Å². The third-order valence-electron chi connectivity index (χ3n) is 3.31. The van der Waals surface area contributed by atoms with Crippen molar-refractivity contribution in [1.29, 1.82) is 0 Å². The molecule has 3 nitrogen and oxygen atoms in total. The Labute approximate surface area is 130 Å². The minimum absolute atomic E-state index is 0.0789. The molecular formula is C18H20FNO2. The van der Waals surface area contributed by atoms with E-state index < -0.39 is 0 Å². The number of nitrogens with one attached hydrogen (secondary N) is 1. The highest BCUT2D eigenvalue weighted by Gasteiger charge is 2.18. The van der Waals surface area contributed by atoms with Gasteiger partial charge in [0.2, 0.25) is 0 Å². The molecule has 0 heterocycles. The Morgan fingerprint density at radius 3 is 2.50 bits per heavy atom. The summed E-state index contributed by atoms with van der Waals surface area (Å²) in [4.78, 5) is 12.1. The van der Waals surface area contributed by atoms with E-state index >= 15 is 0 Å². The van der Waals surface area contributed by atoms with Crippen molar-refractivity contribution in [2.75, 3.05) is 6.61 Å². The first-order valence-electron chi connectivity index (χ1n) is 7.29. The molecule has 0 unspecified atom stereocenters. The van der Waals surface area contributed by atoms with Gasteiger partial charge in [0.05, 0.1) is 6.04 Å². The first-order valence-corrected chi connectivity index (χ1v) is 7.29. The highest BCUT2D eigenvalue weighted by molar-refractivity contribution is 5.78. The van der Waals surface area contributed by atoms with Crippen LogP contribution in [0.25, 0.3) is 0 Å². The molecule has 0 saturated heterocycles. The van der Waals surface area contributed by atoms with E-state index in [-0.39, 0.29) is 30.3 Å². The molecular weight excluding hydrogens is 281 g/mol. The van der Waals surface area contributed by atoms with Crippen molar-refractivity contribution >= 4 is 5.91 Å². The first-order chi connectivity index (χ1) is 10.6. The van der Waals surface area contributed by atoms with Crippen LogP contribution in [0.1, 0.15) is 25.5 Å². The maximum Gasteiger partial charge on any atom is 0.258 e. The van der Waals surface area contributed by atoms with Crippen molar-refractivity contribution in [3.63, 3.8) is 0 Å². The second-order valence-corrected chi connectivity index (χ2v) is 5.45. The molecule has 0 radical (unpaired) electrons. The van der Waals surface area contributed by atoms with Crippen LogP contribution in [0.3, 0.4) is 0 Å². The van der Waals surface area contributed by atoms with Gasteiger partial charge in [-0.15, -0.1) is 0 Å². The fraction of sp³-hybridized carbons (Fsp3) is 0.278. The summed E-state index contributed by atoms with van der Waals surface area (Å²) in [6.45, 7) is 3.95. The number of carbonyl (C=O) groups is 1. The number of benzene rings is 2. The number of amides is 1. The molecule has 1 N–H and O–H groups in total. The molecule has 22 heavy (non-hydrogen) atoms. The van der Waals surface area contributed by atoms with Crippen LogP contribution in [0.5, 0.6) is 5.75 Å². The van der Waals surface area contributed by atoms with Crippen molar-refractivity contribution in [1.82, 2.24) is 5.32 Å². The SMILES string of the molecule is CC(C)[C@@H](NC(=O)COc1cccc(F)c1)c1ccccc1. The summed E-state index contributed by atoms with van der Waals surface area (Å²) in [5, 5.41) is 2.96. The standard InChI is InChI=1S/C18H20FNO2/c1-13(2)18(14-7-4-3-5-8-14)20-17(21)12-22-16-10-6-9-15(19)11-16/h3-11,13,18H,12H2,1-2H3,(H,20,21)/t18-/m1/s1. The third kappa shape index (κ3) is 4.58. The zero-order chi connectivity index (χ0) is 15.9. The van der Waals surface area contributed by atoms with Gasteiger partial charge in [-0.25, -0.2) is 4.39 Å². The number of halogens is 1. The van der Waals surface area contributed by atoms with E-state index in [0.717, 1.165) is 5.56 Å². The summed E-state index contributed by atoms with van der Waals surface area (Å²) in [6, 6.07) is 15.5. The molecule has 0 aliphatic carbocycles. The van der Waals surface area contributed by atoms with Gasteiger partial charge >= 0.3 is 0 Å². The summed E-state index contributed by atoms with van der Waals surface area (Å²) in [6.07, 6.45) is 0. The zero-order valence-electron chi connectivity index (χ0n) is 12.8. The van der Waals surface area contributed by atoms with Crippen molar-refractivity contribution in [2.45, 2.75) is 19.9 Å². The number of hydrogen-bond acceptors (Lipinski definition) is 2. The van der Waals surface area contributed by atoms with E-state index in [0.29, 0.717) is 5.75 Å². The second-order valence-electron chi connectivity index (χ2n) is 5.45. The van der Waals surface area contributed by atoms with Gasteiger partial charge in [0.1, 0.15) is 11.6 Å². The van der Waals surface area contributed by atoms with E-state index in [1.54, 1.807) is 12.1 Å². The molecule has 2 aromatic carbocycles. The highest BCUT2D eigenvalue weighted by Crippen LogP contribution is 2.21. The van der Waals surface area contributed by atoms with Crippen molar-refractivity contribution in [3.8, 4) is 5.75 Å². The summed E-state index contributed by atoms with van der Waals surface area (Å²) in [5.41, 5.74) is 1.05. The van der Waals surface area contributed by atoms with Crippen LogP contribution in [0.4, 0.5) is 4.39 Å². The van der Waals surface area contributed by atoms with Crippen LogP contribution in [0, 0.1) is 11.7 Å². The summed E-state index contributed by atoms with van der Waals surface area (Å²) in [7, 11) is 0. The van der Waals surface area contributed by atoms with E-state index in [4.69, 9.17) is 4.74 Å². The Kier molecular flexibility index (Phi) is 5.53. The Morgan fingerprint density at radius 1 is 1.14 bits per heavy atom. The number of rotatable bonds is 6. The molecule has 0 fully saturated rings. The average Bonchev–Trinajstić information content (AvgIpc) is 2.51. The van der Waals surface area contributed by atoms with Crippen LogP contribution in [0.15, 0.2) is 54.6 Å².